The highest BCUT2D eigenvalue weighted by Crippen LogP contribution is 2.35. The number of rotatable bonds is 3. The van der Waals surface area contributed by atoms with E-state index in [1.807, 2.05) is 38.1 Å². The van der Waals surface area contributed by atoms with Crippen LogP contribution in [0.2, 0.25) is 0 Å². The van der Waals surface area contributed by atoms with Gasteiger partial charge in [-0.1, -0.05) is 32.1 Å². The van der Waals surface area contributed by atoms with Gasteiger partial charge in [0.05, 0.1) is 0 Å². The third kappa shape index (κ3) is 3.13. The molecule has 0 aliphatic carbocycles. The molecule has 98 valence electrons. The van der Waals surface area contributed by atoms with Crippen molar-refractivity contribution in [2.24, 2.45) is 0 Å². The third-order valence-electron chi connectivity index (χ3n) is 2.89. The molecule has 0 fully saturated rings. The van der Waals surface area contributed by atoms with Crippen molar-refractivity contribution in [1.82, 2.24) is 4.98 Å². The summed E-state index contributed by atoms with van der Waals surface area (Å²) in [7, 11) is 0. The standard InChI is InChI=1S/C16H17NO2/c1-11(2)16-14(18)8-13(9-15(16)19)6-5-12-4-3-7-17-10-12/h3-11,18-19H,1-2H3. The summed E-state index contributed by atoms with van der Waals surface area (Å²) < 4.78 is 0. The summed E-state index contributed by atoms with van der Waals surface area (Å²) in [6.07, 6.45) is 7.18. The van der Waals surface area contributed by atoms with E-state index in [1.54, 1.807) is 24.5 Å². The maximum atomic E-state index is 9.93. The molecule has 3 nitrogen and oxygen atoms in total. The van der Waals surface area contributed by atoms with Crippen molar-refractivity contribution in [3.63, 3.8) is 0 Å². The van der Waals surface area contributed by atoms with E-state index < -0.39 is 0 Å². The lowest BCUT2D eigenvalue weighted by Crippen LogP contribution is -1.90. The Morgan fingerprint density at radius 2 is 1.68 bits per heavy atom. The van der Waals surface area contributed by atoms with Gasteiger partial charge in [-0.05, 0) is 35.2 Å². The molecule has 2 aromatic rings. The molecule has 19 heavy (non-hydrogen) atoms. The Morgan fingerprint density at radius 1 is 1.05 bits per heavy atom. The summed E-state index contributed by atoms with van der Waals surface area (Å²) in [5.41, 5.74) is 2.30. The molecule has 0 bridgehead atoms. The average molecular weight is 255 g/mol. The fourth-order valence-electron chi connectivity index (χ4n) is 2.00. The van der Waals surface area contributed by atoms with E-state index in [4.69, 9.17) is 0 Å². The normalized spacial score (nSPS) is 11.3. The number of phenolic OH excluding ortho intramolecular Hbond substituents is 2. The van der Waals surface area contributed by atoms with E-state index in [-0.39, 0.29) is 17.4 Å². The van der Waals surface area contributed by atoms with Crippen LogP contribution in [0.4, 0.5) is 0 Å². The molecule has 0 unspecified atom stereocenters. The molecule has 0 spiro atoms. The minimum atomic E-state index is 0.0800. The van der Waals surface area contributed by atoms with Crippen LogP contribution in [0.5, 0.6) is 11.5 Å². The molecule has 0 saturated heterocycles. The van der Waals surface area contributed by atoms with Crippen LogP contribution in [0.15, 0.2) is 36.7 Å². The minimum absolute atomic E-state index is 0.0800. The number of benzene rings is 1. The maximum Gasteiger partial charge on any atom is 0.123 e. The number of hydrogen-bond donors (Lipinski definition) is 2. The van der Waals surface area contributed by atoms with Crippen LogP contribution in [-0.4, -0.2) is 15.2 Å². The smallest absolute Gasteiger partial charge is 0.123 e. The molecular formula is C16H17NO2. The summed E-state index contributed by atoms with van der Waals surface area (Å²) in [6.45, 7) is 3.86. The molecule has 2 rings (SSSR count). The fourth-order valence-corrected chi connectivity index (χ4v) is 2.00. The molecule has 0 aliphatic rings. The van der Waals surface area contributed by atoms with Crippen LogP contribution in [0.3, 0.4) is 0 Å². The van der Waals surface area contributed by atoms with Crippen LogP contribution in [0.1, 0.15) is 36.5 Å². The average Bonchev–Trinajstić information content (AvgIpc) is 2.36. The van der Waals surface area contributed by atoms with Crippen molar-refractivity contribution in [3.05, 3.63) is 53.3 Å². The van der Waals surface area contributed by atoms with Crippen LogP contribution in [-0.2, 0) is 0 Å². The molecule has 1 aromatic heterocycles. The van der Waals surface area contributed by atoms with Gasteiger partial charge in [-0.2, -0.15) is 0 Å². The number of aromatic hydroxyl groups is 2. The van der Waals surface area contributed by atoms with Crippen LogP contribution in [0.25, 0.3) is 12.2 Å². The second-order valence-electron chi connectivity index (χ2n) is 4.75. The zero-order valence-electron chi connectivity index (χ0n) is 11.0. The largest absolute Gasteiger partial charge is 0.507 e. The lowest BCUT2D eigenvalue weighted by molar-refractivity contribution is 0.433. The van der Waals surface area contributed by atoms with E-state index in [0.29, 0.717) is 5.56 Å². The highest BCUT2D eigenvalue weighted by atomic mass is 16.3. The molecule has 0 amide bonds. The Bertz CT molecular complexity index is 566. The van der Waals surface area contributed by atoms with Crippen molar-refractivity contribution in [3.8, 4) is 11.5 Å². The van der Waals surface area contributed by atoms with Gasteiger partial charge in [0.1, 0.15) is 11.5 Å². The van der Waals surface area contributed by atoms with E-state index in [2.05, 4.69) is 4.98 Å². The van der Waals surface area contributed by atoms with Gasteiger partial charge in [0.25, 0.3) is 0 Å². The van der Waals surface area contributed by atoms with Crippen molar-refractivity contribution in [2.75, 3.05) is 0 Å². The predicted molar refractivity (Wildman–Crippen MR) is 77.0 cm³/mol. The molecule has 3 heteroatoms. The number of aromatic nitrogens is 1. The predicted octanol–water partition coefficient (Wildman–Crippen LogP) is 3.79. The van der Waals surface area contributed by atoms with Crippen molar-refractivity contribution >= 4 is 12.2 Å². The van der Waals surface area contributed by atoms with Gasteiger partial charge in [-0.3, -0.25) is 4.98 Å². The van der Waals surface area contributed by atoms with Gasteiger partial charge in [0, 0.05) is 18.0 Å². The van der Waals surface area contributed by atoms with Crippen molar-refractivity contribution in [1.29, 1.82) is 0 Å². The van der Waals surface area contributed by atoms with Gasteiger partial charge < -0.3 is 10.2 Å². The van der Waals surface area contributed by atoms with E-state index >= 15 is 0 Å². The highest BCUT2D eigenvalue weighted by Gasteiger charge is 2.12. The first-order valence-corrected chi connectivity index (χ1v) is 6.22. The van der Waals surface area contributed by atoms with Gasteiger partial charge in [-0.15, -0.1) is 0 Å². The number of nitrogens with zero attached hydrogens (tertiary/aromatic N) is 1. The second kappa shape index (κ2) is 5.57. The van der Waals surface area contributed by atoms with Gasteiger partial charge in [0.2, 0.25) is 0 Å². The molecular weight excluding hydrogens is 238 g/mol. The highest BCUT2D eigenvalue weighted by molar-refractivity contribution is 5.71. The first-order valence-electron chi connectivity index (χ1n) is 6.22. The van der Waals surface area contributed by atoms with E-state index in [1.165, 1.54) is 0 Å². The molecule has 0 aliphatic heterocycles. The monoisotopic (exact) mass is 255 g/mol. The van der Waals surface area contributed by atoms with Crippen LogP contribution < -0.4 is 0 Å². The molecule has 0 radical (unpaired) electrons. The number of pyridine rings is 1. The topological polar surface area (TPSA) is 53.4 Å². The maximum absolute atomic E-state index is 9.93. The number of hydrogen-bond acceptors (Lipinski definition) is 3. The Balaban J connectivity index is 2.30. The van der Waals surface area contributed by atoms with Crippen LogP contribution in [0, 0.1) is 0 Å². The summed E-state index contributed by atoms with van der Waals surface area (Å²) in [4.78, 5) is 4.02. The van der Waals surface area contributed by atoms with E-state index in [9.17, 15) is 10.2 Å². The van der Waals surface area contributed by atoms with Gasteiger partial charge >= 0.3 is 0 Å². The number of phenols is 2. The Hall–Kier alpha value is -2.29. The van der Waals surface area contributed by atoms with Crippen molar-refractivity contribution < 1.29 is 10.2 Å². The van der Waals surface area contributed by atoms with Gasteiger partial charge in [-0.25, -0.2) is 0 Å². The Morgan fingerprint density at radius 3 is 2.21 bits per heavy atom. The molecule has 2 N–H and O–H groups in total. The molecule has 1 heterocycles. The zero-order valence-corrected chi connectivity index (χ0v) is 11.0. The summed E-state index contributed by atoms with van der Waals surface area (Å²) in [6, 6.07) is 7.10. The summed E-state index contributed by atoms with van der Waals surface area (Å²) >= 11 is 0. The lowest BCUT2D eigenvalue weighted by Gasteiger charge is -2.11. The van der Waals surface area contributed by atoms with E-state index in [0.717, 1.165) is 11.1 Å². The quantitative estimate of drug-likeness (QED) is 0.877. The van der Waals surface area contributed by atoms with Crippen LogP contribution >= 0.6 is 0 Å². The summed E-state index contributed by atoms with van der Waals surface area (Å²) in [5, 5.41) is 19.9. The molecule has 0 saturated carbocycles. The second-order valence-corrected chi connectivity index (χ2v) is 4.75. The SMILES string of the molecule is CC(C)c1c(O)cc(C=Cc2cccnc2)cc1O. The fraction of sp³-hybridized carbons (Fsp3) is 0.188. The minimum Gasteiger partial charge on any atom is -0.507 e. The Labute approximate surface area is 112 Å². The zero-order chi connectivity index (χ0) is 13.8. The lowest BCUT2D eigenvalue weighted by atomic mass is 9.98. The Kier molecular flexibility index (Phi) is 3.85. The molecule has 1 aromatic carbocycles. The summed E-state index contributed by atoms with van der Waals surface area (Å²) in [5.74, 6) is 0.332. The van der Waals surface area contributed by atoms with Crippen molar-refractivity contribution in [2.45, 2.75) is 19.8 Å². The van der Waals surface area contributed by atoms with Gasteiger partial charge in [0.15, 0.2) is 0 Å². The third-order valence-corrected chi connectivity index (χ3v) is 2.89. The first-order chi connectivity index (χ1) is 9.08. The first kappa shape index (κ1) is 13.1. The molecule has 0 atom stereocenters.